The van der Waals surface area contributed by atoms with E-state index in [4.69, 9.17) is 4.74 Å². The highest BCUT2D eigenvalue weighted by atomic mass is 32.1. The summed E-state index contributed by atoms with van der Waals surface area (Å²) in [5.41, 5.74) is 2.89. The minimum Gasteiger partial charge on any atom is -0.497 e. The molecule has 0 saturated heterocycles. The molecule has 27 heavy (non-hydrogen) atoms. The molecule has 4 aromatic rings. The summed E-state index contributed by atoms with van der Waals surface area (Å²) in [4.78, 5) is 11.3. The van der Waals surface area contributed by atoms with Crippen molar-refractivity contribution >= 4 is 33.1 Å². The molecule has 1 N–H and O–H groups in total. The maximum atomic E-state index is 13.4. The summed E-state index contributed by atoms with van der Waals surface area (Å²) in [5, 5.41) is 4.35. The van der Waals surface area contributed by atoms with Gasteiger partial charge in [0.25, 0.3) is 0 Å². The first kappa shape index (κ1) is 17.4. The Morgan fingerprint density at radius 1 is 0.963 bits per heavy atom. The molecule has 6 heteroatoms. The minimum atomic E-state index is -0.250. The van der Waals surface area contributed by atoms with Gasteiger partial charge in [-0.25, -0.2) is 14.4 Å². The van der Waals surface area contributed by atoms with Crippen molar-refractivity contribution in [3.05, 3.63) is 65.0 Å². The van der Waals surface area contributed by atoms with E-state index < -0.39 is 0 Å². The number of benzene rings is 2. The van der Waals surface area contributed by atoms with E-state index in [0.29, 0.717) is 5.82 Å². The summed E-state index contributed by atoms with van der Waals surface area (Å²) in [6.45, 7) is 3.93. The summed E-state index contributed by atoms with van der Waals surface area (Å²) in [5.74, 6) is 1.99. The van der Waals surface area contributed by atoms with Gasteiger partial charge in [0.15, 0.2) is 0 Å². The molecule has 0 spiro atoms. The van der Waals surface area contributed by atoms with Gasteiger partial charge in [-0.05, 0) is 55.8 Å². The average Bonchev–Trinajstić information content (AvgIpc) is 2.99. The van der Waals surface area contributed by atoms with Crippen molar-refractivity contribution in [1.82, 2.24) is 9.97 Å². The second-order valence-electron chi connectivity index (χ2n) is 6.19. The van der Waals surface area contributed by atoms with Crippen LogP contribution in [0.1, 0.15) is 10.7 Å². The SMILES string of the molecule is COc1ccc(Nc2nc(C)nc3sc(C)c(-c4ccc(F)cc4)c23)cc1. The second kappa shape index (κ2) is 6.96. The first-order valence-corrected chi connectivity index (χ1v) is 9.31. The third-order valence-corrected chi connectivity index (χ3v) is 5.32. The molecule has 0 fully saturated rings. The number of ether oxygens (including phenoxy) is 1. The molecule has 0 bridgehead atoms. The van der Waals surface area contributed by atoms with Gasteiger partial charge in [0.05, 0.1) is 12.5 Å². The molecule has 0 amide bonds. The Labute approximate surface area is 160 Å². The van der Waals surface area contributed by atoms with Crippen LogP contribution in [0.4, 0.5) is 15.9 Å². The Balaban J connectivity index is 1.87. The molecule has 0 unspecified atom stereocenters. The van der Waals surface area contributed by atoms with Gasteiger partial charge in [-0.2, -0.15) is 0 Å². The minimum absolute atomic E-state index is 0.250. The van der Waals surface area contributed by atoms with E-state index in [9.17, 15) is 4.39 Å². The van der Waals surface area contributed by atoms with Crippen molar-refractivity contribution in [2.45, 2.75) is 13.8 Å². The van der Waals surface area contributed by atoms with E-state index in [-0.39, 0.29) is 5.82 Å². The highest BCUT2D eigenvalue weighted by Crippen LogP contribution is 2.41. The third-order valence-electron chi connectivity index (χ3n) is 4.33. The molecular formula is C21H18FN3OS. The summed E-state index contributed by atoms with van der Waals surface area (Å²) >= 11 is 1.62. The lowest BCUT2D eigenvalue weighted by molar-refractivity contribution is 0.415. The highest BCUT2D eigenvalue weighted by Gasteiger charge is 2.18. The predicted octanol–water partition coefficient (Wildman–Crippen LogP) is 5.87. The van der Waals surface area contributed by atoms with E-state index in [2.05, 4.69) is 22.2 Å². The number of aromatic nitrogens is 2. The van der Waals surface area contributed by atoms with Crippen molar-refractivity contribution in [3.63, 3.8) is 0 Å². The Bertz CT molecular complexity index is 1110. The molecule has 2 aromatic carbocycles. The summed E-state index contributed by atoms with van der Waals surface area (Å²) in [7, 11) is 1.64. The number of rotatable bonds is 4. The van der Waals surface area contributed by atoms with Crippen LogP contribution in [-0.2, 0) is 0 Å². The Morgan fingerprint density at radius 2 is 1.67 bits per heavy atom. The van der Waals surface area contributed by atoms with Crippen LogP contribution >= 0.6 is 11.3 Å². The summed E-state index contributed by atoms with van der Waals surface area (Å²) < 4.78 is 18.6. The molecule has 2 heterocycles. The van der Waals surface area contributed by atoms with Crippen molar-refractivity contribution in [2.24, 2.45) is 0 Å². The quantitative estimate of drug-likeness (QED) is 0.482. The lowest BCUT2D eigenvalue weighted by Crippen LogP contribution is -1.98. The highest BCUT2D eigenvalue weighted by molar-refractivity contribution is 7.19. The Hall–Kier alpha value is -2.99. The van der Waals surface area contributed by atoms with Crippen LogP contribution in [-0.4, -0.2) is 17.1 Å². The van der Waals surface area contributed by atoms with Crippen LogP contribution in [0, 0.1) is 19.7 Å². The van der Waals surface area contributed by atoms with E-state index in [1.807, 2.05) is 31.2 Å². The van der Waals surface area contributed by atoms with E-state index in [0.717, 1.165) is 43.5 Å². The topological polar surface area (TPSA) is 47.0 Å². The van der Waals surface area contributed by atoms with Gasteiger partial charge >= 0.3 is 0 Å². The Morgan fingerprint density at radius 3 is 2.33 bits per heavy atom. The zero-order valence-electron chi connectivity index (χ0n) is 15.2. The van der Waals surface area contributed by atoms with Gasteiger partial charge in [-0.3, -0.25) is 0 Å². The average molecular weight is 379 g/mol. The van der Waals surface area contributed by atoms with E-state index >= 15 is 0 Å². The van der Waals surface area contributed by atoms with Gasteiger partial charge in [-0.15, -0.1) is 11.3 Å². The van der Waals surface area contributed by atoms with Crippen LogP contribution in [0.2, 0.25) is 0 Å². The van der Waals surface area contributed by atoms with Crippen LogP contribution < -0.4 is 10.1 Å². The van der Waals surface area contributed by atoms with E-state index in [1.54, 1.807) is 30.6 Å². The van der Waals surface area contributed by atoms with Crippen LogP contribution in [0.25, 0.3) is 21.3 Å². The number of nitrogens with zero attached hydrogens (tertiary/aromatic N) is 2. The smallest absolute Gasteiger partial charge is 0.143 e. The fraction of sp³-hybridized carbons (Fsp3) is 0.143. The monoisotopic (exact) mass is 379 g/mol. The predicted molar refractivity (Wildman–Crippen MR) is 109 cm³/mol. The van der Waals surface area contributed by atoms with Crippen molar-refractivity contribution < 1.29 is 9.13 Å². The van der Waals surface area contributed by atoms with Crippen LogP contribution in [0.3, 0.4) is 0 Å². The third kappa shape index (κ3) is 3.36. The lowest BCUT2D eigenvalue weighted by atomic mass is 10.0. The maximum Gasteiger partial charge on any atom is 0.143 e. The molecule has 0 saturated carbocycles. The molecule has 4 rings (SSSR count). The number of anilines is 2. The normalized spacial score (nSPS) is 11.0. The number of aryl methyl sites for hydroxylation is 2. The van der Waals surface area contributed by atoms with Crippen molar-refractivity contribution in [3.8, 4) is 16.9 Å². The summed E-state index contributed by atoms with van der Waals surface area (Å²) in [6, 6.07) is 14.2. The van der Waals surface area contributed by atoms with Crippen molar-refractivity contribution in [1.29, 1.82) is 0 Å². The number of methoxy groups -OCH3 is 1. The number of nitrogens with one attached hydrogen (secondary N) is 1. The molecule has 136 valence electrons. The van der Waals surface area contributed by atoms with E-state index in [1.165, 1.54) is 12.1 Å². The fourth-order valence-electron chi connectivity index (χ4n) is 3.08. The summed E-state index contributed by atoms with van der Waals surface area (Å²) in [6.07, 6.45) is 0. The van der Waals surface area contributed by atoms with Crippen LogP contribution in [0.15, 0.2) is 48.5 Å². The first-order valence-electron chi connectivity index (χ1n) is 8.50. The van der Waals surface area contributed by atoms with Gasteiger partial charge in [0.2, 0.25) is 0 Å². The largest absolute Gasteiger partial charge is 0.497 e. The van der Waals surface area contributed by atoms with Gasteiger partial charge in [-0.1, -0.05) is 12.1 Å². The van der Waals surface area contributed by atoms with Crippen molar-refractivity contribution in [2.75, 3.05) is 12.4 Å². The number of thiophene rings is 1. The molecule has 0 radical (unpaired) electrons. The first-order chi connectivity index (χ1) is 13.0. The van der Waals surface area contributed by atoms with Gasteiger partial charge < -0.3 is 10.1 Å². The Kier molecular flexibility index (Phi) is 4.49. The molecule has 0 aliphatic heterocycles. The molecule has 0 aliphatic rings. The lowest BCUT2D eigenvalue weighted by Gasteiger charge is -2.11. The zero-order valence-corrected chi connectivity index (χ0v) is 16.0. The standard InChI is InChI=1S/C21H18FN3OS/c1-12-18(14-4-6-15(22)7-5-14)19-20(23-13(2)24-21(19)27-12)25-16-8-10-17(26-3)11-9-16/h4-11H,1-3H3,(H,23,24,25). The van der Waals surface area contributed by atoms with Crippen LogP contribution in [0.5, 0.6) is 5.75 Å². The zero-order chi connectivity index (χ0) is 19.0. The number of hydrogen-bond acceptors (Lipinski definition) is 5. The molecule has 4 nitrogen and oxygen atoms in total. The second-order valence-corrected chi connectivity index (χ2v) is 7.40. The van der Waals surface area contributed by atoms with Gasteiger partial charge in [0.1, 0.15) is 28.0 Å². The fourth-order valence-corrected chi connectivity index (χ4v) is 4.17. The molecule has 2 aromatic heterocycles. The number of halogens is 1. The number of hydrogen-bond donors (Lipinski definition) is 1. The molecule has 0 aliphatic carbocycles. The molecular weight excluding hydrogens is 361 g/mol. The molecule has 0 atom stereocenters. The maximum absolute atomic E-state index is 13.4. The van der Waals surface area contributed by atoms with Gasteiger partial charge in [0, 0.05) is 16.1 Å². The number of fused-ring (bicyclic) bond motifs is 1.